The Kier molecular flexibility index (Phi) is 6.04. The van der Waals surface area contributed by atoms with Crippen molar-refractivity contribution in [3.63, 3.8) is 0 Å². The second-order valence-electron chi connectivity index (χ2n) is 12.7. The maximum absolute atomic E-state index is 10.2. The van der Waals surface area contributed by atoms with E-state index < -0.39 is 0 Å². The van der Waals surface area contributed by atoms with Gasteiger partial charge >= 0.3 is 0 Å². The molecular weight excluding hydrogens is 352 g/mol. The van der Waals surface area contributed by atoms with Crippen LogP contribution < -0.4 is 0 Å². The Morgan fingerprint density at radius 3 is 2.45 bits per heavy atom. The molecule has 3 saturated carbocycles. The van der Waals surface area contributed by atoms with E-state index in [0.717, 1.165) is 54.3 Å². The number of hydrogen-bond acceptors (Lipinski definition) is 1. The molecule has 1 heteroatoms. The fourth-order valence-corrected chi connectivity index (χ4v) is 8.68. The molecule has 0 heterocycles. The van der Waals surface area contributed by atoms with Gasteiger partial charge in [-0.25, -0.2) is 0 Å². The number of allylic oxidation sites excluding steroid dienone is 1. The standard InChI is InChI=1S/C28H48O/c1-18(2)19(3)7-8-20(4)24-11-12-25-23-10-9-21-17-22(29)13-15-27(21,5)26(23)14-16-28(24,25)6/h9,18-20,22-26,29H,7-8,10-17H2,1-6H3/t19-,20+,22-,23+,24+,25+,26+,27-,28+/m0/s1. The van der Waals surface area contributed by atoms with Crippen LogP contribution >= 0.6 is 0 Å². The quantitative estimate of drug-likeness (QED) is 0.470. The Bertz CT molecular complexity index is 620. The van der Waals surface area contributed by atoms with Crippen molar-refractivity contribution in [2.24, 2.45) is 52.3 Å². The summed E-state index contributed by atoms with van der Waals surface area (Å²) >= 11 is 0. The fraction of sp³-hybridized carbons (Fsp3) is 0.929. The third-order valence-corrected chi connectivity index (χ3v) is 11.1. The van der Waals surface area contributed by atoms with Gasteiger partial charge in [-0.3, -0.25) is 0 Å². The van der Waals surface area contributed by atoms with Gasteiger partial charge in [0, 0.05) is 0 Å². The third-order valence-electron chi connectivity index (χ3n) is 11.1. The Labute approximate surface area is 181 Å². The first-order chi connectivity index (χ1) is 13.7. The predicted octanol–water partition coefficient (Wildman–Crippen LogP) is 7.63. The lowest BCUT2D eigenvalue weighted by Crippen LogP contribution is -2.50. The topological polar surface area (TPSA) is 20.2 Å². The van der Waals surface area contributed by atoms with Gasteiger partial charge in [-0.05, 0) is 104 Å². The van der Waals surface area contributed by atoms with E-state index in [1.54, 1.807) is 5.57 Å². The Morgan fingerprint density at radius 2 is 1.72 bits per heavy atom. The van der Waals surface area contributed by atoms with E-state index in [2.05, 4.69) is 47.6 Å². The van der Waals surface area contributed by atoms with E-state index in [4.69, 9.17) is 0 Å². The summed E-state index contributed by atoms with van der Waals surface area (Å²) in [4.78, 5) is 0. The molecule has 0 radical (unpaired) electrons. The summed E-state index contributed by atoms with van der Waals surface area (Å²) in [7, 11) is 0. The highest BCUT2D eigenvalue weighted by Gasteiger charge is 2.59. The van der Waals surface area contributed by atoms with Gasteiger partial charge in [-0.1, -0.05) is 66.0 Å². The van der Waals surface area contributed by atoms with E-state index in [9.17, 15) is 5.11 Å². The molecule has 0 saturated heterocycles. The Hall–Kier alpha value is -0.300. The van der Waals surface area contributed by atoms with Gasteiger partial charge in [-0.15, -0.1) is 0 Å². The van der Waals surface area contributed by atoms with Crippen molar-refractivity contribution in [2.45, 2.75) is 112 Å². The van der Waals surface area contributed by atoms with Crippen molar-refractivity contribution in [3.05, 3.63) is 11.6 Å². The zero-order valence-corrected chi connectivity index (χ0v) is 20.2. The number of aliphatic hydroxyl groups is 1. The molecular formula is C28H48O. The molecule has 0 spiro atoms. The molecule has 0 unspecified atom stereocenters. The van der Waals surface area contributed by atoms with E-state index in [1.807, 2.05) is 0 Å². The summed E-state index contributed by atoms with van der Waals surface area (Å²) in [6.07, 6.45) is 15.7. The summed E-state index contributed by atoms with van der Waals surface area (Å²) in [6.45, 7) is 15.1. The summed E-state index contributed by atoms with van der Waals surface area (Å²) in [5.41, 5.74) is 2.59. The highest BCUT2D eigenvalue weighted by atomic mass is 16.3. The molecule has 4 rings (SSSR count). The van der Waals surface area contributed by atoms with Crippen molar-refractivity contribution < 1.29 is 5.11 Å². The number of aliphatic hydroxyl groups excluding tert-OH is 1. The SMILES string of the molecule is CC(C)[C@@H](C)CC[C@@H](C)[C@H]1CC[C@@H]2[C@H]3CC=C4C[C@@H](O)CC[C@]4(C)[C@@H]3CC[C@@]21C. The lowest BCUT2D eigenvalue weighted by atomic mass is 9.47. The summed E-state index contributed by atoms with van der Waals surface area (Å²) in [6, 6.07) is 0. The molecule has 29 heavy (non-hydrogen) atoms. The minimum Gasteiger partial charge on any atom is -0.393 e. The first kappa shape index (κ1) is 21.9. The monoisotopic (exact) mass is 400 g/mol. The highest BCUT2D eigenvalue weighted by molar-refractivity contribution is 5.25. The van der Waals surface area contributed by atoms with Crippen LogP contribution in [0.15, 0.2) is 11.6 Å². The Morgan fingerprint density at radius 1 is 0.966 bits per heavy atom. The van der Waals surface area contributed by atoms with Gasteiger partial charge in [0.15, 0.2) is 0 Å². The van der Waals surface area contributed by atoms with Crippen molar-refractivity contribution >= 4 is 0 Å². The molecule has 4 aliphatic carbocycles. The summed E-state index contributed by atoms with van der Waals surface area (Å²) < 4.78 is 0. The summed E-state index contributed by atoms with van der Waals surface area (Å²) in [5.74, 6) is 6.24. The van der Waals surface area contributed by atoms with E-state index in [1.165, 1.54) is 51.4 Å². The molecule has 0 aliphatic heterocycles. The third kappa shape index (κ3) is 3.66. The first-order valence-electron chi connectivity index (χ1n) is 13.0. The van der Waals surface area contributed by atoms with Gasteiger partial charge in [-0.2, -0.15) is 0 Å². The molecule has 0 amide bonds. The first-order valence-corrected chi connectivity index (χ1v) is 13.0. The molecule has 0 aromatic rings. The van der Waals surface area contributed by atoms with Crippen LogP contribution in [0, 0.1) is 52.3 Å². The van der Waals surface area contributed by atoms with Gasteiger partial charge in [0.2, 0.25) is 0 Å². The van der Waals surface area contributed by atoms with Gasteiger partial charge in [0.1, 0.15) is 0 Å². The zero-order chi connectivity index (χ0) is 21.0. The maximum atomic E-state index is 10.2. The van der Waals surface area contributed by atoms with Crippen LogP contribution in [0.5, 0.6) is 0 Å². The maximum Gasteiger partial charge on any atom is 0.0577 e. The van der Waals surface area contributed by atoms with Crippen molar-refractivity contribution in [2.75, 3.05) is 0 Å². The average molecular weight is 401 g/mol. The molecule has 0 bridgehead atoms. The number of hydrogen-bond donors (Lipinski definition) is 1. The molecule has 166 valence electrons. The minimum absolute atomic E-state index is 0.0790. The molecule has 1 nitrogen and oxygen atoms in total. The molecule has 0 aromatic carbocycles. The average Bonchev–Trinajstić information content (AvgIpc) is 3.03. The van der Waals surface area contributed by atoms with Crippen molar-refractivity contribution in [3.8, 4) is 0 Å². The number of rotatable bonds is 5. The van der Waals surface area contributed by atoms with Crippen LogP contribution in [-0.4, -0.2) is 11.2 Å². The largest absolute Gasteiger partial charge is 0.393 e. The van der Waals surface area contributed by atoms with Gasteiger partial charge in [0.25, 0.3) is 0 Å². The Balaban J connectivity index is 1.49. The second kappa shape index (κ2) is 7.99. The van der Waals surface area contributed by atoms with Crippen LogP contribution in [0.25, 0.3) is 0 Å². The normalized spacial score (nSPS) is 46.5. The predicted molar refractivity (Wildman–Crippen MR) is 124 cm³/mol. The van der Waals surface area contributed by atoms with Crippen molar-refractivity contribution in [1.29, 1.82) is 0 Å². The molecule has 0 aromatic heterocycles. The van der Waals surface area contributed by atoms with Gasteiger partial charge < -0.3 is 5.11 Å². The number of fused-ring (bicyclic) bond motifs is 5. The minimum atomic E-state index is -0.0790. The van der Waals surface area contributed by atoms with Crippen LogP contribution in [0.1, 0.15) is 106 Å². The van der Waals surface area contributed by atoms with Crippen LogP contribution in [0.4, 0.5) is 0 Å². The highest BCUT2D eigenvalue weighted by Crippen LogP contribution is 2.67. The lowest BCUT2D eigenvalue weighted by molar-refractivity contribution is -0.0574. The van der Waals surface area contributed by atoms with E-state index in [0.29, 0.717) is 10.8 Å². The fourth-order valence-electron chi connectivity index (χ4n) is 8.68. The van der Waals surface area contributed by atoms with E-state index in [-0.39, 0.29) is 6.10 Å². The summed E-state index contributed by atoms with van der Waals surface area (Å²) in [5, 5.41) is 10.2. The van der Waals surface area contributed by atoms with Crippen LogP contribution in [-0.2, 0) is 0 Å². The van der Waals surface area contributed by atoms with Crippen LogP contribution in [0.2, 0.25) is 0 Å². The van der Waals surface area contributed by atoms with Crippen LogP contribution in [0.3, 0.4) is 0 Å². The second-order valence-corrected chi connectivity index (χ2v) is 12.7. The zero-order valence-electron chi connectivity index (χ0n) is 20.2. The van der Waals surface area contributed by atoms with Crippen molar-refractivity contribution in [1.82, 2.24) is 0 Å². The molecule has 9 atom stereocenters. The van der Waals surface area contributed by atoms with Gasteiger partial charge in [0.05, 0.1) is 6.10 Å². The molecule has 4 aliphatic rings. The molecule has 1 N–H and O–H groups in total. The van der Waals surface area contributed by atoms with E-state index >= 15 is 0 Å². The lowest BCUT2D eigenvalue weighted by Gasteiger charge is -2.58. The smallest absolute Gasteiger partial charge is 0.0577 e. The molecule has 3 fully saturated rings.